The molecule has 0 saturated heterocycles. The van der Waals surface area contributed by atoms with Crippen LogP contribution in [0.5, 0.6) is 0 Å². The maximum Gasteiger partial charge on any atom is 0.417 e. The summed E-state index contributed by atoms with van der Waals surface area (Å²) >= 11 is 6.98. The van der Waals surface area contributed by atoms with Crippen molar-refractivity contribution < 1.29 is 18.0 Å². The van der Waals surface area contributed by atoms with Crippen molar-refractivity contribution in [2.75, 3.05) is 11.1 Å². The highest BCUT2D eigenvalue weighted by Crippen LogP contribution is 2.32. The minimum absolute atomic E-state index is 0.0101. The number of imidazole rings is 1. The third-order valence-corrected chi connectivity index (χ3v) is 4.82. The standard InChI is InChI=1S/C16H12ClF3N4OS/c1-24-12-5-3-2-4-11(12)22-15(24)26-8-13(25)23-14-10(17)6-9(7-21-14)16(18,19)20/h2-7H,8H2,1H3,(H,21,23,25). The second-order valence-electron chi connectivity index (χ2n) is 5.33. The fraction of sp³-hybridized carbons (Fsp3) is 0.188. The van der Waals surface area contributed by atoms with Gasteiger partial charge in [0.1, 0.15) is 0 Å². The van der Waals surface area contributed by atoms with Gasteiger partial charge in [0.25, 0.3) is 0 Å². The van der Waals surface area contributed by atoms with Crippen LogP contribution in [0.4, 0.5) is 19.0 Å². The number of aromatic nitrogens is 3. The van der Waals surface area contributed by atoms with Gasteiger partial charge in [-0.2, -0.15) is 13.2 Å². The van der Waals surface area contributed by atoms with Crippen molar-refractivity contribution in [1.29, 1.82) is 0 Å². The molecule has 26 heavy (non-hydrogen) atoms. The Labute approximate surface area is 155 Å². The Balaban J connectivity index is 1.66. The maximum atomic E-state index is 12.6. The molecule has 0 spiro atoms. The number of carbonyl (C=O) groups excluding carboxylic acids is 1. The molecule has 2 aromatic heterocycles. The predicted octanol–water partition coefficient (Wildman–Crippen LogP) is 4.37. The summed E-state index contributed by atoms with van der Waals surface area (Å²) in [7, 11) is 1.84. The van der Waals surface area contributed by atoms with Gasteiger partial charge in [0.15, 0.2) is 11.0 Å². The average molecular weight is 401 g/mol. The monoisotopic (exact) mass is 400 g/mol. The van der Waals surface area contributed by atoms with Crippen molar-refractivity contribution in [1.82, 2.24) is 14.5 Å². The summed E-state index contributed by atoms with van der Waals surface area (Å²) in [5, 5.41) is 2.77. The van der Waals surface area contributed by atoms with E-state index < -0.39 is 17.6 Å². The average Bonchev–Trinajstić information content (AvgIpc) is 2.90. The molecule has 1 aromatic carbocycles. The summed E-state index contributed by atoms with van der Waals surface area (Å²) in [6.07, 6.45) is -3.92. The van der Waals surface area contributed by atoms with Crippen LogP contribution in [-0.2, 0) is 18.0 Å². The highest BCUT2D eigenvalue weighted by atomic mass is 35.5. The van der Waals surface area contributed by atoms with E-state index >= 15 is 0 Å². The Morgan fingerprint density at radius 2 is 2.08 bits per heavy atom. The summed E-state index contributed by atoms with van der Waals surface area (Å²) in [6, 6.07) is 8.27. The van der Waals surface area contributed by atoms with Gasteiger partial charge in [-0.1, -0.05) is 35.5 Å². The Bertz CT molecular complexity index is 974. The molecular weight excluding hydrogens is 389 g/mol. The number of benzene rings is 1. The Morgan fingerprint density at radius 3 is 2.73 bits per heavy atom. The van der Waals surface area contributed by atoms with Gasteiger partial charge < -0.3 is 9.88 Å². The number of amides is 1. The molecule has 2 heterocycles. The fourth-order valence-electron chi connectivity index (χ4n) is 2.24. The first-order chi connectivity index (χ1) is 12.3. The van der Waals surface area contributed by atoms with Gasteiger partial charge in [-0.05, 0) is 18.2 Å². The Morgan fingerprint density at radius 1 is 1.35 bits per heavy atom. The molecule has 3 rings (SSSR count). The van der Waals surface area contributed by atoms with Crippen molar-refractivity contribution in [2.24, 2.45) is 7.05 Å². The molecule has 0 radical (unpaired) electrons. The number of hydrogen-bond donors (Lipinski definition) is 1. The van der Waals surface area contributed by atoms with E-state index in [0.29, 0.717) is 11.4 Å². The smallest absolute Gasteiger partial charge is 0.322 e. The number of carbonyl (C=O) groups is 1. The van der Waals surface area contributed by atoms with Crippen LogP contribution in [0.2, 0.25) is 5.02 Å². The first-order valence-corrected chi connectivity index (χ1v) is 8.69. The topological polar surface area (TPSA) is 59.8 Å². The van der Waals surface area contributed by atoms with Gasteiger partial charge in [-0.25, -0.2) is 9.97 Å². The fourth-order valence-corrected chi connectivity index (χ4v) is 3.24. The highest BCUT2D eigenvalue weighted by Gasteiger charge is 2.31. The number of thioether (sulfide) groups is 1. The van der Waals surface area contributed by atoms with Crippen molar-refractivity contribution in [3.63, 3.8) is 0 Å². The lowest BCUT2D eigenvalue weighted by atomic mass is 10.3. The highest BCUT2D eigenvalue weighted by molar-refractivity contribution is 7.99. The molecule has 1 amide bonds. The molecule has 0 bridgehead atoms. The van der Waals surface area contributed by atoms with Crippen LogP contribution < -0.4 is 5.32 Å². The predicted molar refractivity (Wildman–Crippen MR) is 94.3 cm³/mol. The molecule has 3 aromatic rings. The number of anilines is 1. The zero-order chi connectivity index (χ0) is 18.9. The van der Waals surface area contributed by atoms with E-state index in [1.165, 1.54) is 11.8 Å². The molecule has 0 fully saturated rings. The van der Waals surface area contributed by atoms with Crippen molar-refractivity contribution >= 4 is 46.1 Å². The Kier molecular flexibility index (Phi) is 5.10. The van der Waals surface area contributed by atoms with E-state index in [4.69, 9.17) is 11.6 Å². The third-order valence-electron chi connectivity index (χ3n) is 3.50. The number of nitrogens with one attached hydrogen (secondary N) is 1. The van der Waals surface area contributed by atoms with E-state index in [1.807, 2.05) is 35.9 Å². The lowest BCUT2D eigenvalue weighted by molar-refractivity contribution is -0.137. The summed E-state index contributed by atoms with van der Waals surface area (Å²) in [4.78, 5) is 20.1. The lowest BCUT2D eigenvalue weighted by Crippen LogP contribution is -2.16. The van der Waals surface area contributed by atoms with Crippen LogP contribution in [0.25, 0.3) is 11.0 Å². The summed E-state index contributed by atoms with van der Waals surface area (Å²) < 4.78 is 39.7. The number of hydrogen-bond acceptors (Lipinski definition) is 4. The molecule has 0 atom stereocenters. The zero-order valence-electron chi connectivity index (χ0n) is 13.3. The number of alkyl halides is 3. The second-order valence-corrected chi connectivity index (χ2v) is 6.68. The van der Waals surface area contributed by atoms with Crippen LogP contribution in [0, 0.1) is 0 Å². The van der Waals surface area contributed by atoms with Crippen LogP contribution in [0.15, 0.2) is 41.7 Å². The summed E-state index contributed by atoms with van der Waals surface area (Å²) in [5.41, 5.74) is 0.766. The quantitative estimate of drug-likeness (QED) is 0.660. The molecular formula is C16H12ClF3N4OS. The molecule has 136 valence electrons. The van der Waals surface area contributed by atoms with Crippen molar-refractivity contribution in [3.05, 3.63) is 47.1 Å². The number of para-hydroxylation sites is 2. The molecule has 0 saturated carbocycles. The van der Waals surface area contributed by atoms with Crippen LogP contribution in [-0.4, -0.2) is 26.2 Å². The number of nitrogens with zero attached hydrogens (tertiary/aromatic N) is 3. The molecule has 5 nitrogen and oxygen atoms in total. The van der Waals surface area contributed by atoms with Gasteiger partial charge in [0.05, 0.1) is 27.4 Å². The van der Waals surface area contributed by atoms with Crippen LogP contribution in [0.3, 0.4) is 0 Å². The minimum Gasteiger partial charge on any atom is -0.322 e. The van der Waals surface area contributed by atoms with E-state index in [-0.39, 0.29) is 16.6 Å². The third kappa shape index (κ3) is 3.94. The zero-order valence-corrected chi connectivity index (χ0v) is 14.9. The first-order valence-electron chi connectivity index (χ1n) is 7.32. The molecule has 0 aliphatic rings. The summed E-state index contributed by atoms with van der Waals surface area (Å²) in [5.74, 6) is -0.553. The van der Waals surface area contributed by atoms with Crippen molar-refractivity contribution in [3.8, 4) is 0 Å². The molecule has 1 N–H and O–H groups in total. The van der Waals surface area contributed by atoms with Crippen molar-refractivity contribution in [2.45, 2.75) is 11.3 Å². The van der Waals surface area contributed by atoms with Crippen LogP contribution in [0.1, 0.15) is 5.56 Å². The number of pyridine rings is 1. The Hall–Kier alpha value is -2.26. The molecule has 0 aliphatic heterocycles. The minimum atomic E-state index is -4.55. The maximum absolute atomic E-state index is 12.6. The van der Waals surface area contributed by atoms with Gasteiger partial charge in [-0.3, -0.25) is 4.79 Å². The SMILES string of the molecule is Cn1c(SCC(=O)Nc2ncc(C(F)(F)F)cc2Cl)nc2ccccc21. The number of aryl methyl sites for hydroxylation is 1. The number of rotatable bonds is 4. The van der Waals surface area contributed by atoms with E-state index in [1.54, 1.807) is 0 Å². The second kappa shape index (κ2) is 7.16. The molecule has 0 unspecified atom stereocenters. The van der Waals surface area contributed by atoms with E-state index in [9.17, 15) is 18.0 Å². The number of fused-ring (bicyclic) bond motifs is 1. The largest absolute Gasteiger partial charge is 0.417 e. The van der Waals surface area contributed by atoms with E-state index in [2.05, 4.69) is 15.3 Å². The lowest BCUT2D eigenvalue weighted by Gasteiger charge is -2.10. The molecule has 0 aliphatic carbocycles. The summed E-state index contributed by atoms with van der Waals surface area (Å²) in [6.45, 7) is 0. The van der Waals surface area contributed by atoms with E-state index in [0.717, 1.165) is 17.1 Å². The molecule has 10 heteroatoms. The normalized spacial score (nSPS) is 11.7. The van der Waals surface area contributed by atoms with Crippen LogP contribution >= 0.6 is 23.4 Å². The van der Waals surface area contributed by atoms with Gasteiger partial charge >= 0.3 is 6.18 Å². The van der Waals surface area contributed by atoms with Gasteiger partial charge in [-0.15, -0.1) is 0 Å². The van der Waals surface area contributed by atoms with Gasteiger partial charge in [0, 0.05) is 13.2 Å². The first kappa shape index (κ1) is 18.5. The number of halogens is 4. The van der Waals surface area contributed by atoms with Gasteiger partial charge in [0.2, 0.25) is 5.91 Å².